The summed E-state index contributed by atoms with van der Waals surface area (Å²) in [5.41, 5.74) is 2.99. The minimum absolute atomic E-state index is 0.0503. The molecular formula is C20H21N3OS. The molecule has 1 amide bonds. The van der Waals surface area contributed by atoms with E-state index < -0.39 is 0 Å². The molecule has 2 heterocycles. The zero-order chi connectivity index (χ0) is 17.6. The van der Waals surface area contributed by atoms with Crippen molar-refractivity contribution in [2.75, 3.05) is 0 Å². The lowest BCUT2D eigenvalue weighted by Gasteiger charge is -2.13. The monoisotopic (exact) mass is 351 g/mol. The Morgan fingerprint density at radius 2 is 2.00 bits per heavy atom. The maximum Gasteiger partial charge on any atom is 0.263 e. The Hall–Kier alpha value is -2.53. The number of nitrogens with zero attached hydrogens (tertiary/aromatic N) is 2. The number of thiazole rings is 1. The van der Waals surface area contributed by atoms with E-state index in [1.807, 2.05) is 44.2 Å². The zero-order valence-corrected chi connectivity index (χ0v) is 15.2. The Balaban J connectivity index is 1.62. The van der Waals surface area contributed by atoms with Crippen molar-refractivity contribution >= 4 is 17.2 Å². The number of nitrogens with one attached hydrogen (secondary N) is 1. The van der Waals surface area contributed by atoms with Gasteiger partial charge in [0.2, 0.25) is 0 Å². The molecule has 0 saturated heterocycles. The van der Waals surface area contributed by atoms with E-state index in [-0.39, 0.29) is 11.9 Å². The number of carbonyl (C=O) groups is 1. The molecule has 3 aromatic rings. The van der Waals surface area contributed by atoms with Gasteiger partial charge in [-0.3, -0.25) is 9.78 Å². The molecule has 3 rings (SSSR count). The average Bonchev–Trinajstić information content (AvgIpc) is 3.03. The molecule has 1 aromatic carbocycles. The highest BCUT2D eigenvalue weighted by Crippen LogP contribution is 2.27. The van der Waals surface area contributed by atoms with Crippen molar-refractivity contribution in [2.24, 2.45) is 0 Å². The maximum atomic E-state index is 12.6. The molecule has 1 N–H and O–H groups in total. The lowest BCUT2D eigenvalue weighted by Crippen LogP contribution is -2.32. The van der Waals surface area contributed by atoms with Gasteiger partial charge in [0.05, 0.1) is 5.69 Å². The summed E-state index contributed by atoms with van der Waals surface area (Å²) >= 11 is 1.41. The number of hydrogen-bond donors (Lipinski definition) is 1. The predicted octanol–water partition coefficient (Wildman–Crippen LogP) is 4.26. The van der Waals surface area contributed by atoms with Crippen molar-refractivity contribution in [1.29, 1.82) is 0 Å². The van der Waals surface area contributed by atoms with Gasteiger partial charge in [-0.2, -0.15) is 0 Å². The van der Waals surface area contributed by atoms with Crippen LogP contribution < -0.4 is 5.32 Å². The van der Waals surface area contributed by atoms with Crippen LogP contribution >= 0.6 is 11.3 Å². The normalized spacial score (nSPS) is 11.9. The number of amides is 1. The van der Waals surface area contributed by atoms with Crippen LogP contribution in [-0.2, 0) is 6.42 Å². The summed E-state index contributed by atoms with van der Waals surface area (Å²) in [7, 11) is 0. The van der Waals surface area contributed by atoms with Gasteiger partial charge in [0.15, 0.2) is 0 Å². The molecule has 0 aliphatic heterocycles. The minimum Gasteiger partial charge on any atom is -0.349 e. The molecule has 0 aliphatic rings. The number of carbonyl (C=O) groups excluding carboxylic acids is 1. The predicted molar refractivity (Wildman–Crippen MR) is 102 cm³/mol. The molecule has 2 aromatic heterocycles. The quantitative estimate of drug-likeness (QED) is 0.722. The van der Waals surface area contributed by atoms with Crippen LogP contribution in [0.2, 0.25) is 0 Å². The SMILES string of the molecule is Cc1nc(-c2cccnc2)sc1C(=O)NC(C)CCc1ccccc1. The van der Waals surface area contributed by atoms with E-state index >= 15 is 0 Å². The van der Waals surface area contributed by atoms with E-state index in [0.29, 0.717) is 4.88 Å². The first-order valence-electron chi connectivity index (χ1n) is 8.36. The fourth-order valence-corrected chi connectivity index (χ4v) is 3.57. The lowest BCUT2D eigenvalue weighted by atomic mass is 10.1. The van der Waals surface area contributed by atoms with Crippen LogP contribution in [0, 0.1) is 6.92 Å². The van der Waals surface area contributed by atoms with Crippen molar-refractivity contribution in [2.45, 2.75) is 32.7 Å². The fourth-order valence-electron chi connectivity index (χ4n) is 2.61. The van der Waals surface area contributed by atoms with Gasteiger partial charge < -0.3 is 5.32 Å². The van der Waals surface area contributed by atoms with E-state index in [4.69, 9.17) is 0 Å². The molecule has 0 saturated carbocycles. The fraction of sp³-hybridized carbons (Fsp3) is 0.250. The van der Waals surface area contributed by atoms with Crippen molar-refractivity contribution in [3.05, 3.63) is 71.0 Å². The Morgan fingerprint density at radius 3 is 2.72 bits per heavy atom. The summed E-state index contributed by atoms with van der Waals surface area (Å²) in [6.07, 6.45) is 5.35. The van der Waals surface area contributed by atoms with Gasteiger partial charge in [-0.1, -0.05) is 30.3 Å². The van der Waals surface area contributed by atoms with Gasteiger partial charge in [-0.25, -0.2) is 4.98 Å². The van der Waals surface area contributed by atoms with Gasteiger partial charge in [-0.15, -0.1) is 11.3 Å². The van der Waals surface area contributed by atoms with Gasteiger partial charge in [0.1, 0.15) is 9.88 Å². The van der Waals surface area contributed by atoms with Gasteiger partial charge >= 0.3 is 0 Å². The first-order valence-corrected chi connectivity index (χ1v) is 9.18. The number of aromatic nitrogens is 2. The number of aryl methyl sites for hydroxylation is 2. The first kappa shape index (κ1) is 17.3. The van der Waals surface area contributed by atoms with E-state index in [2.05, 4.69) is 27.4 Å². The second kappa shape index (κ2) is 8.03. The van der Waals surface area contributed by atoms with E-state index in [1.54, 1.807) is 12.4 Å². The lowest BCUT2D eigenvalue weighted by molar-refractivity contribution is 0.0942. The van der Waals surface area contributed by atoms with Crippen LogP contribution in [0.25, 0.3) is 10.6 Å². The average molecular weight is 351 g/mol. The molecule has 128 valence electrons. The molecule has 0 spiro atoms. The van der Waals surface area contributed by atoms with Gasteiger partial charge in [0, 0.05) is 24.0 Å². The van der Waals surface area contributed by atoms with Crippen molar-refractivity contribution in [3.8, 4) is 10.6 Å². The second-order valence-corrected chi connectivity index (χ2v) is 7.07. The van der Waals surface area contributed by atoms with Crippen LogP contribution in [0.5, 0.6) is 0 Å². The van der Waals surface area contributed by atoms with Crippen LogP contribution in [0.4, 0.5) is 0 Å². The highest BCUT2D eigenvalue weighted by atomic mass is 32.1. The number of hydrogen-bond acceptors (Lipinski definition) is 4. The summed E-state index contributed by atoms with van der Waals surface area (Å²) in [6.45, 7) is 3.92. The molecule has 0 bridgehead atoms. The Kier molecular flexibility index (Phi) is 5.56. The Labute approximate surface area is 152 Å². The largest absolute Gasteiger partial charge is 0.349 e. The first-order chi connectivity index (χ1) is 12.1. The zero-order valence-electron chi connectivity index (χ0n) is 14.4. The summed E-state index contributed by atoms with van der Waals surface area (Å²) in [5, 5.41) is 3.91. The van der Waals surface area contributed by atoms with E-state index in [0.717, 1.165) is 29.1 Å². The maximum absolute atomic E-state index is 12.6. The highest BCUT2D eigenvalue weighted by Gasteiger charge is 2.17. The smallest absolute Gasteiger partial charge is 0.263 e. The topological polar surface area (TPSA) is 54.9 Å². The molecule has 4 nitrogen and oxygen atoms in total. The van der Waals surface area contributed by atoms with Crippen molar-refractivity contribution < 1.29 is 4.79 Å². The van der Waals surface area contributed by atoms with Crippen LogP contribution in [0.1, 0.15) is 34.3 Å². The number of pyridine rings is 1. The summed E-state index contributed by atoms with van der Waals surface area (Å²) in [5.74, 6) is -0.0503. The number of rotatable bonds is 6. The van der Waals surface area contributed by atoms with Gasteiger partial charge in [-0.05, 0) is 44.4 Å². The van der Waals surface area contributed by atoms with Crippen molar-refractivity contribution in [3.63, 3.8) is 0 Å². The Bertz CT molecular complexity index is 831. The molecular weight excluding hydrogens is 330 g/mol. The summed E-state index contributed by atoms with van der Waals surface area (Å²) in [4.78, 5) is 21.9. The molecule has 1 unspecified atom stereocenters. The third-order valence-electron chi connectivity index (χ3n) is 4.00. The van der Waals surface area contributed by atoms with Gasteiger partial charge in [0.25, 0.3) is 5.91 Å². The molecule has 0 fully saturated rings. The van der Waals surface area contributed by atoms with E-state index in [1.165, 1.54) is 16.9 Å². The third-order valence-corrected chi connectivity index (χ3v) is 5.20. The van der Waals surface area contributed by atoms with Crippen LogP contribution in [-0.4, -0.2) is 21.9 Å². The van der Waals surface area contributed by atoms with Crippen molar-refractivity contribution in [1.82, 2.24) is 15.3 Å². The molecule has 1 atom stereocenters. The molecule has 25 heavy (non-hydrogen) atoms. The summed E-state index contributed by atoms with van der Waals surface area (Å²) < 4.78 is 0. The summed E-state index contributed by atoms with van der Waals surface area (Å²) in [6, 6.07) is 14.3. The molecule has 5 heteroatoms. The highest BCUT2D eigenvalue weighted by molar-refractivity contribution is 7.17. The number of benzene rings is 1. The molecule has 0 aliphatic carbocycles. The minimum atomic E-state index is -0.0503. The Morgan fingerprint density at radius 1 is 1.20 bits per heavy atom. The third kappa shape index (κ3) is 4.51. The van der Waals surface area contributed by atoms with E-state index in [9.17, 15) is 4.79 Å². The standard InChI is InChI=1S/C20H21N3OS/c1-14(10-11-16-7-4-3-5-8-16)22-19(24)18-15(2)23-20(25-18)17-9-6-12-21-13-17/h3-9,12-14H,10-11H2,1-2H3,(H,22,24). The second-order valence-electron chi connectivity index (χ2n) is 6.07. The van der Waals surface area contributed by atoms with Crippen LogP contribution in [0.3, 0.4) is 0 Å². The molecule has 0 radical (unpaired) electrons. The van der Waals surface area contributed by atoms with Crippen LogP contribution in [0.15, 0.2) is 54.9 Å².